The highest BCUT2D eigenvalue weighted by molar-refractivity contribution is 5.48. The van der Waals surface area contributed by atoms with Crippen LogP contribution in [0.4, 0.5) is 5.82 Å². The molecule has 0 aliphatic carbocycles. The van der Waals surface area contributed by atoms with Crippen molar-refractivity contribution >= 4 is 5.82 Å². The Kier molecular flexibility index (Phi) is 4.65. The summed E-state index contributed by atoms with van der Waals surface area (Å²) in [6.45, 7) is 6.95. The number of nitrogens with zero attached hydrogens (tertiary/aromatic N) is 6. The summed E-state index contributed by atoms with van der Waals surface area (Å²) >= 11 is 0. The fourth-order valence-electron chi connectivity index (χ4n) is 3.73. The molecule has 0 bridgehead atoms. The van der Waals surface area contributed by atoms with Crippen LogP contribution >= 0.6 is 0 Å². The number of aryl methyl sites for hydroxylation is 1. The van der Waals surface area contributed by atoms with Gasteiger partial charge in [-0.1, -0.05) is 6.07 Å². The van der Waals surface area contributed by atoms with E-state index in [0.717, 1.165) is 49.8 Å². The maximum Gasteiger partial charge on any atom is 0.135 e. The second-order valence-corrected chi connectivity index (χ2v) is 6.97. The summed E-state index contributed by atoms with van der Waals surface area (Å²) in [5, 5.41) is 0. The van der Waals surface area contributed by atoms with Crippen LogP contribution in [0.2, 0.25) is 0 Å². The van der Waals surface area contributed by atoms with E-state index in [1.165, 1.54) is 11.1 Å². The minimum atomic E-state index is 0.407. The maximum absolute atomic E-state index is 4.69. The molecule has 4 rings (SSSR count). The zero-order valence-corrected chi connectivity index (χ0v) is 15.3. The van der Waals surface area contributed by atoms with Gasteiger partial charge in [0.2, 0.25) is 0 Å². The van der Waals surface area contributed by atoms with Gasteiger partial charge in [-0.05, 0) is 38.3 Å². The van der Waals surface area contributed by atoms with E-state index in [9.17, 15) is 0 Å². The number of rotatable bonds is 4. The summed E-state index contributed by atoms with van der Waals surface area (Å²) in [6, 6.07) is 4.09. The Morgan fingerprint density at radius 1 is 1.15 bits per heavy atom. The molecule has 0 N–H and O–H groups in total. The highest BCUT2D eigenvalue weighted by Crippen LogP contribution is 2.30. The summed E-state index contributed by atoms with van der Waals surface area (Å²) in [4.78, 5) is 20.2. The molecule has 0 radical (unpaired) electrons. The molecule has 1 aliphatic heterocycles. The van der Waals surface area contributed by atoms with Gasteiger partial charge in [-0.3, -0.25) is 4.98 Å². The molecule has 1 fully saturated rings. The molecule has 4 heterocycles. The number of anilines is 1. The van der Waals surface area contributed by atoms with E-state index < -0.39 is 0 Å². The highest BCUT2D eigenvalue weighted by Gasteiger charge is 2.26. The van der Waals surface area contributed by atoms with Gasteiger partial charge in [0, 0.05) is 55.1 Å². The van der Waals surface area contributed by atoms with Crippen molar-refractivity contribution < 1.29 is 0 Å². The van der Waals surface area contributed by atoms with Crippen molar-refractivity contribution in [3.8, 4) is 0 Å². The summed E-state index contributed by atoms with van der Waals surface area (Å²) in [5.74, 6) is 2.62. The Morgan fingerprint density at radius 2 is 2.08 bits per heavy atom. The SMILES string of the molecule is Cc1ncnc(N2CCC[C@@H](c3nccn3Cc3cccnc3)C2)c1C. The van der Waals surface area contributed by atoms with Gasteiger partial charge in [0.25, 0.3) is 0 Å². The first-order valence-corrected chi connectivity index (χ1v) is 9.15. The minimum Gasteiger partial charge on any atom is -0.356 e. The van der Waals surface area contributed by atoms with Crippen LogP contribution in [0.5, 0.6) is 0 Å². The van der Waals surface area contributed by atoms with E-state index in [4.69, 9.17) is 0 Å². The lowest BCUT2D eigenvalue weighted by Crippen LogP contribution is -2.36. The van der Waals surface area contributed by atoms with E-state index in [-0.39, 0.29) is 0 Å². The molecule has 0 spiro atoms. The van der Waals surface area contributed by atoms with Gasteiger partial charge < -0.3 is 9.47 Å². The molecule has 6 nitrogen and oxygen atoms in total. The van der Waals surface area contributed by atoms with E-state index in [0.29, 0.717) is 5.92 Å². The van der Waals surface area contributed by atoms with Gasteiger partial charge >= 0.3 is 0 Å². The molecule has 1 atom stereocenters. The Labute approximate surface area is 154 Å². The quantitative estimate of drug-likeness (QED) is 0.725. The smallest absolute Gasteiger partial charge is 0.135 e. The van der Waals surface area contributed by atoms with Crippen LogP contribution in [0.25, 0.3) is 0 Å². The summed E-state index contributed by atoms with van der Waals surface area (Å²) in [6.07, 6.45) is 11.7. The number of pyridine rings is 1. The van der Waals surface area contributed by atoms with Gasteiger partial charge in [0.1, 0.15) is 18.0 Å². The van der Waals surface area contributed by atoms with Crippen LogP contribution in [-0.4, -0.2) is 37.6 Å². The van der Waals surface area contributed by atoms with Crippen molar-refractivity contribution in [2.75, 3.05) is 18.0 Å². The predicted molar refractivity (Wildman–Crippen MR) is 101 cm³/mol. The fraction of sp³-hybridized carbons (Fsp3) is 0.400. The third kappa shape index (κ3) is 3.31. The third-order valence-electron chi connectivity index (χ3n) is 5.22. The Bertz CT molecular complexity index is 873. The molecule has 0 aromatic carbocycles. The third-order valence-corrected chi connectivity index (χ3v) is 5.22. The van der Waals surface area contributed by atoms with E-state index in [1.807, 2.05) is 31.6 Å². The van der Waals surface area contributed by atoms with Gasteiger partial charge in [-0.2, -0.15) is 0 Å². The zero-order valence-electron chi connectivity index (χ0n) is 15.3. The van der Waals surface area contributed by atoms with Crippen molar-refractivity contribution in [3.05, 3.63) is 65.9 Å². The average Bonchev–Trinajstić information content (AvgIpc) is 3.13. The zero-order chi connectivity index (χ0) is 17.9. The van der Waals surface area contributed by atoms with Crippen LogP contribution in [0, 0.1) is 13.8 Å². The number of imidazole rings is 1. The highest BCUT2D eigenvalue weighted by atomic mass is 15.2. The van der Waals surface area contributed by atoms with Crippen molar-refractivity contribution in [1.82, 2.24) is 24.5 Å². The summed E-state index contributed by atoms with van der Waals surface area (Å²) < 4.78 is 2.25. The monoisotopic (exact) mass is 348 g/mol. The first kappa shape index (κ1) is 16.7. The van der Waals surface area contributed by atoms with Gasteiger partial charge in [0.05, 0.1) is 6.54 Å². The summed E-state index contributed by atoms with van der Waals surface area (Å²) in [7, 11) is 0. The van der Waals surface area contributed by atoms with Crippen LogP contribution < -0.4 is 4.90 Å². The lowest BCUT2D eigenvalue weighted by molar-refractivity contribution is 0.473. The molecule has 3 aromatic rings. The molecule has 3 aromatic heterocycles. The minimum absolute atomic E-state index is 0.407. The molecule has 0 saturated carbocycles. The first-order valence-electron chi connectivity index (χ1n) is 9.15. The van der Waals surface area contributed by atoms with Crippen LogP contribution in [-0.2, 0) is 6.54 Å². The molecule has 1 saturated heterocycles. The van der Waals surface area contributed by atoms with Gasteiger partial charge in [-0.15, -0.1) is 0 Å². The Morgan fingerprint density at radius 3 is 2.92 bits per heavy atom. The first-order chi connectivity index (χ1) is 12.7. The fourth-order valence-corrected chi connectivity index (χ4v) is 3.73. The maximum atomic E-state index is 4.69. The van der Waals surface area contributed by atoms with Crippen LogP contribution in [0.15, 0.2) is 43.2 Å². The molecule has 134 valence electrons. The average molecular weight is 348 g/mol. The van der Waals surface area contributed by atoms with Crippen LogP contribution in [0.1, 0.15) is 41.4 Å². The van der Waals surface area contributed by atoms with Crippen molar-refractivity contribution in [2.45, 2.75) is 39.2 Å². The Hall–Kier alpha value is -2.76. The number of piperidine rings is 1. The standard InChI is InChI=1S/C20H24N6/c1-15-16(2)23-14-24-19(15)25-9-4-6-18(13-25)20-22-8-10-26(20)12-17-5-3-7-21-11-17/h3,5,7-8,10-11,14,18H,4,6,9,12-13H2,1-2H3/t18-/m1/s1. The molecule has 0 unspecified atom stereocenters. The number of hydrogen-bond donors (Lipinski definition) is 0. The number of aromatic nitrogens is 5. The molecular weight excluding hydrogens is 324 g/mol. The largest absolute Gasteiger partial charge is 0.356 e. The normalized spacial score (nSPS) is 17.5. The number of hydrogen-bond acceptors (Lipinski definition) is 5. The predicted octanol–water partition coefficient (Wildman–Crippen LogP) is 3.12. The molecule has 26 heavy (non-hydrogen) atoms. The van der Waals surface area contributed by atoms with Crippen LogP contribution in [0.3, 0.4) is 0 Å². The lowest BCUT2D eigenvalue weighted by Gasteiger charge is -2.34. The van der Waals surface area contributed by atoms with E-state index >= 15 is 0 Å². The van der Waals surface area contributed by atoms with E-state index in [2.05, 4.69) is 48.6 Å². The molecule has 6 heteroatoms. The second kappa shape index (κ2) is 7.23. The summed E-state index contributed by atoms with van der Waals surface area (Å²) in [5.41, 5.74) is 3.42. The van der Waals surface area contributed by atoms with Gasteiger partial charge in [-0.25, -0.2) is 15.0 Å². The lowest BCUT2D eigenvalue weighted by atomic mass is 9.96. The molecule has 1 aliphatic rings. The van der Waals surface area contributed by atoms with Crippen molar-refractivity contribution in [2.24, 2.45) is 0 Å². The van der Waals surface area contributed by atoms with Gasteiger partial charge in [0.15, 0.2) is 0 Å². The van der Waals surface area contributed by atoms with Crippen molar-refractivity contribution in [1.29, 1.82) is 0 Å². The molecule has 0 amide bonds. The van der Waals surface area contributed by atoms with E-state index in [1.54, 1.807) is 6.33 Å². The van der Waals surface area contributed by atoms with Crippen molar-refractivity contribution in [3.63, 3.8) is 0 Å². The second-order valence-electron chi connectivity index (χ2n) is 6.97. The topological polar surface area (TPSA) is 59.7 Å². The molecular formula is C20H24N6. The Balaban J connectivity index is 1.55.